The van der Waals surface area contributed by atoms with Gasteiger partial charge in [-0.05, 0) is 65.1 Å². The second-order valence-electron chi connectivity index (χ2n) is 7.12. The topological polar surface area (TPSA) is 0 Å². The Kier molecular flexibility index (Phi) is 6.56. The molecule has 3 rings (SSSR count). The zero-order chi connectivity index (χ0) is 20.1. The highest BCUT2D eigenvalue weighted by atomic mass is 19.2. The van der Waals surface area contributed by atoms with E-state index in [2.05, 4.69) is 0 Å². The Bertz CT molecular complexity index is 943. The molecular formula is C25H25F3. The zero-order valence-electron chi connectivity index (χ0n) is 16.4. The molecule has 28 heavy (non-hydrogen) atoms. The second kappa shape index (κ2) is 9.09. The van der Waals surface area contributed by atoms with Crippen molar-refractivity contribution in [3.05, 3.63) is 94.3 Å². The minimum atomic E-state index is -0.728. The average Bonchev–Trinajstić information content (AvgIpc) is 2.71. The van der Waals surface area contributed by atoms with E-state index in [0.717, 1.165) is 23.1 Å². The Labute approximate surface area is 165 Å². The highest BCUT2D eigenvalue weighted by Gasteiger charge is 2.13. The summed E-state index contributed by atoms with van der Waals surface area (Å²) < 4.78 is 42.4. The number of hydrogen-bond donors (Lipinski definition) is 0. The van der Waals surface area contributed by atoms with Gasteiger partial charge in [-0.1, -0.05) is 68.8 Å². The summed E-state index contributed by atoms with van der Waals surface area (Å²) in [5, 5.41) is 0. The van der Waals surface area contributed by atoms with Gasteiger partial charge < -0.3 is 0 Å². The van der Waals surface area contributed by atoms with Crippen LogP contribution in [0.2, 0.25) is 0 Å². The van der Waals surface area contributed by atoms with Gasteiger partial charge in [0.05, 0.1) is 0 Å². The van der Waals surface area contributed by atoms with Crippen molar-refractivity contribution in [2.24, 2.45) is 0 Å². The van der Waals surface area contributed by atoms with Crippen LogP contribution in [0.5, 0.6) is 0 Å². The van der Waals surface area contributed by atoms with Crippen molar-refractivity contribution in [2.75, 3.05) is 0 Å². The number of aryl methyl sites for hydroxylation is 4. The van der Waals surface area contributed by atoms with E-state index in [1.54, 1.807) is 18.2 Å². The first-order chi connectivity index (χ1) is 13.5. The lowest BCUT2D eigenvalue weighted by Gasteiger charge is -2.09. The quantitative estimate of drug-likeness (QED) is 0.410. The Hall–Kier alpha value is -2.55. The Morgan fingerprint density at radius 3 is 1.75 bits per heavy atom. The Morgan fingerprint density at radius 2 is 1.18 bits per heavy atom. The number of rotatable bonds is 7. The van der Waals surface area contributed by atoms with Gasteiger partial charge in [0.15, 0.2) is 11.6 Å². The van der Waals surface area contributed by atoms with Crippen LogP contribution < -0.4 is 0 Å². The van der Waals surface area contributed by atoms with Gasteiger partial charge in [-0.2, -0.15) is 0 Å². The van der Waals surface area contributed by atoms with Gasteiger partial charge in [0.2, 0.25) is 0 Å². The molecule has 0 fully saturated rings. The molecule has 0 saturated carbocycles. The Balaban J connectivity index is 1.70. The molecule has 0 amide bonds. The molecule has 0 radical (unpaired) electrons. The number of benzene rings is 3. The second-order valence-corrected chi connectivity index (χ2v) is 7.12. The predicted octanol–water partition coefficient (Wildman–Crippen LogP) is 7.07. The van der Waals surface area contributed by atoms with Crippen molar-refractivity contribution < 1.29 is 13.2 Å². The lowest BCUT2D eigenvalue weighted by Crippen LogP contribution is -2.01. The summed E-state index contributed by atoms with van der Waals surface area (Å²) in [6.45, 7) is 3.88. The van der Waals surface area contributed by atoms with Crippen LogP contribution in [-0.4, -0.2) is 0 Å². The van der Waals surface area contributed by atoms with Crippen LogP contribution in [0.25, 0.3) is 11.1 Å². The maximum atomic E-state index is 14.3. The summed E-state index contributed by atoms with van der Waals surface area (Å²) >= 11 is 0. The molecule has 0 aliphatic rings. The van der Waals surface area contributed by atoms with E-state index in [9.17, 15) is 13.2 Å². The van der Waals surface area contributed by atoms with Gasteiger partial charge in [-0.15, -0.1) is 0 Å². The van der Waals surface area contributed by atoms with Crippen molar-refractivity contribution in [1.82, 2.24) is 0 Å². The summed E-state index contributed by atoms with van der Waals surface area (Å²) in [5.74, 6) is -1.63. The van der Waals surface area contributed by atoms with Crippen molar-refractivity contribution in [3.63, 3.8) is 0 Å². The van der Waals surface area contributed by atoms with Gasteiger partial charge in [-0.25, -0.2) is 13.2 Å². The molecule has 146 valence electrons. The molecule has 0 heterocycles. The van der Waals surface area contributed by atoms with Gasteiger partial charge in [0.1, 0.15) is 5.82 Å². The van der Waals surface area contributed by atoms with Crippen LogP contribution in [0.15, 0.2) is 54.6 Å². The molecule has 0 unspecified atom stereocenters. The molecule has 0 aromatic heterocycles. The van der Waals surface area contributed by atoms with Crippen LogP contribution in [0, 0.1) is 17.5 Å². The van der Waals surface area contributed by atoms with Crippen LogP contribution in [0.4, 0.5) is 13.2 Å². The fourth-order valence-corrected chi connectivity index (χ4v) is 3.44. The summed E-state index contributed by atoms with van der Waals surface area (Å²) in [4.78, 5) is 0. The summed E-state index contributed by atoms with van der Waals surface area (Å²) in [5.41, 5.74) is 4.35. The van der Waals surface area contributed by atoms with E-state index in [1.807, 2.05) is 50.2 Å². The third-order valence-corrected chi connectivity index (χ3v) is 5.17. The maximum Gasteiger partial charge on any atom is 0.162 e. The van der Waals surface area contributed by atoms with E-state index in [4.69, 9.17) is 0 Å². The monoisotopic (exact) mass is 382 g/mol. The molecule has 0 N–H and O–H groups in total. The molecule has 0 spiro atoms. The molecule has 3 aromatic carbocycles. The molecule has 0 atom stereocenters. The zero-order valence-corrected chi connectivity index (χ0v) is 16.4. The normalized spacial score (nSPS) is 11.0. The summed E-state index contributed by atoms with van der Waals surface area (Å²) in [6, 6.07) is 16.5. The fraction of sp³-hybridized carbons (Fsp3) is 0.280. The van der Waals surface area contributed by atoms with Gasteiger partial charge in [0.25, 0.3) is 0 Å². The molecule has 0 saturated heterocycles. The lowest BCUT2D eigenvalue weighted by molar-refractivity contribution is 0.488. The molecular weight excluding hydrogens is 357 g/mol. The third kappa shape index (κ3) is 4.46. The smallest absolute Gasteiger partial charge is 0.162 e. The SMILES string of the molecule is CCCc1ccc(CCc2ccc(-c3ccc(CC)c(F)c3)cc2)c(F)c1F. The van der Waals surface area contributed by atoms with Crippen LogP contribution in [0.1, 0.15) is 42.5 Å². The summed E-state index contributed by atoms with van der Waals surface area (Å²) in [6.07, 6.45) is 3.06. The molecule has 0 aliphatic carbocycles. The molecule has 0 aliphatic heterocycles. The first-order valence-corrected chi connectivity index (χ1v) is 9.87. The number of halogens is 3. The first-order valence-electron chi connectivity index (χ1n) is 9.87. The standard InChI is InChI=1S/C25H25F3/c1-3-5-20-13-14-21(25(28)24(20)27)11-8-17-6-9-19(10-7-17)22-15-12-18(4-2)23(26)16-22/h6-7,9-10,12-16H,3-5,8,11H2,1-2H3. The fourth-order valence-electron chi connectivity index (χ4n) is 3.44. The Morgan fingerprint density at radius 1 is 0.607 bits per heavy atom. The van der Waals surface area contributed by atoms with Gasteiger partial charge in [-0.3, -0.25) is 0 Å². The van der Waals surface area contributed by atoms with Crippen molar-refractivity contribution in [3.8, 4) is 11.1 Å². The van der Waals surface area contributed by atoms with Crippen molar-refractivity contribution >= 4 is 0 Å². The van der Waals surface area contributed by atoms with E-state index in [1.165, 1.54) is 0 Å². The predicted molar refractivity (Wildman–Crippen MR) is 109 cm³/mol. The summed E-state index contributed by atoms with van der Waals surface area (Å²) in [7, 11) is 0. The molecule has 0 bridgehead atoms. The average molecular weight is 382 g/mol. The van der Waals surface area contributed by atoms with E-state index in [-0.39, 0.29) is 5.82 Å². The van der Waals surface area contributed by atoms with Gasteiger partial charge >= 0.3 is 0 Å². The lowest BCUT2D eigenvalue weighted by atomic mass is 9.98. The largest absolute Gasteiger partial charge is 0.207 e. The first kappa shape index (κ1) is 20.2. The minimum absolute atomic E-state index is 0.187. The van der Waals surface area contributed by atoms with Crippen molar-refractivity contribution in [2.45, 2.75) is 46.0 Å². The van der Waals surface area contributed by atoms with E-state index < -0.39 is 11.6 Å². The van der Waals surface area contributed by atoms with Crippen LogP contribution in [0.3, 0.4) is 0 Å². The molecule has 3 heteroatoms. The van der Waals surface area contributed by atoms with Crippen molar-refractivity contribution in [1.29, 1.82) is 0 Å². The minimum Gasteiger partial charge on any atom is -0.207 e. The molecule has 0 nitrogen and oxygen atoms in total. The maximum absolute atomic E-state index is 14.3. The van der Waals surface area contributed by atoms with Crippen LogP contribution in [-0.2, 0) is 25.7 Å². The van der Waals surface area contributed by atoms with Crippen LogP contribution >= 0.6 is 0 Å². The van der Waals surface area contributed by atoms with E-state index in [0.29, 0.717) is 42.4 Å². The van der Waals surface area contributed by atoms with E-state index >= 15 is 0 Å². The van der Waals surface area contributed by atoms with Gasteiger partial charge in [0, 0.05) is 0 Å². The third-order valence-electron chi connectivity index (χ3n) is 5.17. The highest BCUT2D eigenvalue weighted by molar-refractivity contribution is 5.64. The molecule has 3 aromatic rings. The number of hydrogen-bond acceptors (Lipinski definition) is 0. The highest BCUT2D eigenvalue weighted by Crippen LogP contribution is 2.24.